The zero-order valence-corrected chi connectivity index (χ0v) is 19.8. The summed E-state index contributed by atoms with van der Waals surface area (Å²) >= 11 is 0. The Labute approximate surface area is 216 Å². The van der Waals surface area contributed by atoms with E-state index < -0.39 is 23.9 Å². The Morgan fingerprint density at radius 3 is 0.947 bits per heavy atom. The van der Waals surface area contributed by atoms with Crippen molar-refractivity contribution in [3.8, 4) is 22.3 Å². The highest BCUT2D eigenvalue weighted by Crippen LogP contribution is 2.24. The van der Waals surface area contributed by atoms with Crippen LogP contribution in [0.4, 0.5) is 0 Å². The lowest BCUT2D eigenvalue weighted by molar-refractivity contribution is -0.0980. The molecule has 192 valence electrons. The maximum absolute atomic E-state index is 11.0. The summed E-state index contributed by atoms with van der Waals surface area (Å²) in [5.74, 6) is -4.98. The van der Waals surface area contributed by atoms with Crippen LogP contribution in [0.25, 0.3) is 22.3 Å². The lowest BCUT2D eigenvalue weighted by Crippen LogP contribution is -2.07. The second-order valence-electron chi connectivity index (χ2n) is 7.47. The third kappa shape index (κ3) is 7.22. The van der Waals surface area contributed by atoms with Crippen molar-refractivity contribution in [2.24, 2.45) is 0 Å². The van der Waals surface area contributed by atoms with E-state index >= 15 is 0 Å². The number of carboxylic acid groups (broad SMARTS) is 4. The maximum atomic E-state index is 11.0. The summed E-state index contributed by atoms with van der Waals surface area (Å²) < 4.78 is 0. The first-order valence-electron chi connectivity index (χ1n) is 10.8. The van der Waals surface area contributed by atoms with Crippen molar-refractivity contribution in [1.82, 2.24) is 0 Å². The molecular weight excluding hydrogens is 492 g/mol. The molecule has 0 bridgehead atoms. The van der Waals surface area contributed by atoms with Gasteiger partial charge in [0, 0.05) is 0 Å². The van der Waals surface area contributed by atoms with Crippen LogP contribution in [-0.2, 0) is 4.79 Å². The molecular formula is C29H22O9. The zero-order valence-electron chi connectivity index (χ0n) is 19.8. The second kappa shape index (κ2) is 13.5. The molecule has 0 heterocycles. The van der Waals surface area contributed by atoms with Gasteiger partial charge in [0.1, 0.15) is 6.79 Å². The predicted molar refractivity (Wildman–Crippen MR) is 139 cm³/mol. The summed E-state index contributed by atoms with van der Waals surface area (Å²) in [4.78, 5) is 51.9. The summed E-state index contributed by atoms with van der Waals surface area (Å²) in [5, 5.41) is 35.9. The first kappa shape index (κ1) is 28.7. The molecule has 4 aromatic carbocycles. The topological polar surface area (TPSA) is 166 Å². The van der Waals surface area contributed by atoms with Gasteiger partial charge in [0.05, 0.1) is 22.3 Å². The van der Waals surface area contributed by atoms with Gasteiger partial charge in [-0.15, -0.1) is 0 Å². The fraction of sp³-hybridized carbons (Fsp3) is 0. The summed E-state index contributed by atoms with van der Waals surface area (Å²) in [6.07, 6.45) is 0. The molecule has 0 spiro atoms. The molecule has 0 amide bonds. The van der Waals surface area contributed by atoms with Crippen LogP contribution >= 0.6 is 0 Å². The van der Waals surface area contributed by atoms with E-state index in [1.165, 1.54) is 24.3 Å². The minimum absolute atomic E-state index is 0.205. The second-order valence-corrected chi connectivity index (χ2v) is 7.47. The van der Waals surface area contributed by atoms with Gasteiger partial charge in [-0.25, -0.2) is 19.2 Å². The number of carbonyl (C=O) groups is 5. The van der Waals surface area contributed by atoms with Gasteiger partial charge in [0.2, 0.25) is 0 Å². The minimum Gasteiger partial charge on any atom is -0.478 e. The standard InChI is InChI=1S/2C14H10O4.CH2O/c2*15-13(16)11-7-6-10(8-12(11)14(17)18)9-4-2-1-3-5-9;1-2/h2*1-8H,(H,15,16)(H,17,18);1H2. The van der Waals surface area contributed by atoms with Crippen molar-refractivity contribution in [1.29, 1.82) is 0 Å². The van der Waals surface area contributed by atoms with Gasteiger partial charge >= 0.3 is 23.9 Å². The first-order chi connectivity index (χ1) is 18.2. The molecule has 4 N–H and O–H groups in total. The highest BCUT2D eigenvalue weighted by molar-refractivity contribution is 6.03. The maximum Gasteiger partial charge on any atom is 0.336 e. The number of hydrogen-bond donors (Lipinski definition) is 4. The molecule has 0 aromatic heterocycles. The Bertz CT molecular complexity index is 1330. The molecule has 4 aromatic rings. The van der Waals surface area contributed by atoms with E-state index in [9.17, 15) is 19.2 Å². The number of aromatic carboxylic acids is 4. The third-order valence-corrected chi connectivity index (χ3v) is 5.18. The van der Waals surface area contributed by atoms with Crippen LogP contribution in [0.1, 0.15) is 41.4 Å². The Kier molecular flexibility index (Phi) is 10.2. The van der Waals surface area contributed by atoms with Crippen molar-refractivity contribution >= 4 is 30.7 Å². The van der Waals surface area contributed by atoms with Crippen LogP contribution < -0.4 is 0 Å². The summed E-state index contributed by atoms with van der Waals surface area (Å²) in [6.45, 7) is 2.00. The molecule has 0 fully saturated rings. The Balaban J connectivity index is 0.000000251. The molecule has 9 nitrogen and oxygen atoms in total. The van der Waals surface area contributed by atoms with E-state index in [1.54, 1.807) is 12.1 Å². The summed E-state index contributed by atoms with van der Waals surface area (Å²) in [6, 6.07) is 27.0. The highest BCUT2D eigenvalue weighted by atomic mass is 16.4. The average molecular weight is 514 g/mol. The van der Waals surface area contributed by atoms with Crippen molar-refractivity contribution < 1.29 is 44.4 Å². The highest BCUT2D eigenvalue weighted by Gasteiger charge is 2.17. The van der Waals surface area contributed by atoms with Gasteiger partial charge in [0.15, 0.2) is 0 Å². The Morgan fingerprint density at radius 2 is 0.684 bits per heavy atom. The quantitative estimate of drug-likeness (QED) is 0.266. The van der Waals surface area contributed by atoms with Gasteiger partial charge in [-0.1, -0.05) is 72.8 Å². The largest absolute Gasteiger partial charge is 0.478 e. The number of rotatable bonds is 6. The molecule has 0 saturated heterocycles. The van der Waals surface area contributed by atoms with Gasteiger partial charge in [-0.3, -0.25) is 0 Å². The van der Waals surface area contributed by atoms with E-state index in [0.717, 1.165) is 11.1 Å². The van der Waals surface area contributed by atoms with Gasteiger partial charge in [-0.2, -0.15) is 0 Å². The zero-order chi connectivity index (χ0) is 28.2. The van der Waals surface area contributed by atoms with Crippen LogP contribution in [0.2, 0.25) is 0 Å². The molecule has 38 heavy (non-hydrogen) atoms. The third-order valence-electron chi connectivity index (χ3n) is 5.18. The van der Waals surface area contributed by atoms with Gasteiger partial charge < -0.3 is 25.2 Å². The van der Waals surface area contributed by atoms with Crippen molar-refractivity contribution in [2.75, 3.05) is 0 Å². The Morgan fingerprint density at radius 1 is 0.395 bits per heavy atom. The van der Waals surface area contributed by atoms with E-state index in [2.05, 4.69) is 0 Å². The SMILES string of the molecule is C=O.O=C(O)c1ccc(-c2ccccc2)cc1C(=O)O.O=C(O)c1ccc(-c2ccccc2)cc1C(=O)O. The smallest absolute Gasteiger partial charge is 0.336 e. The Hall–Kier alpha value is -5.57. The molecule has 0 saturated carbocycles. The normalized spacial score (nSPS) is 9.58. The number of hydrogen-bond acceptors (Lipinski definition) is 5. The van der Waals surface area contributed by atoms with Crippen molar-refractivity contribution in [3.63, 3.8) is 0 Å². The summed E-state index contributed by atoms with van der Waals surface area (Å²) in [5.41, 5.74) is 2.22. The molecule has 0 aliphatic rings. The van der Waals surface area contributed by atoms with Crippen LogP contribution in [0.5, 0.6) is 0 Å². The lowest BCUT2D eigenvalue weighted by Gasteiger charge is -2.06. The van der Waals surface area contributed by atoms with E-state index in [4.69, 9.17) is 25.2 Å². The van der Waals surface area contributed by atoms with Gasteiger partial charge in [0.25, 0.3) is 0 Å². The average Bonchev–Trinajstić information content (AvgIpc) is 2.94. The van der Waals surface area contributed by atoms with Crippen LogP contribution in [0, 0.1) is 0 Å². The minimum atomic E-state index is -1.25. The lowest BCUT2D eigenvalue weighted by atomic mass is 9.99. The number of benzene rings is 4. The van der Waals surface area contributed by atoms with Crippen molar-refractivity contribution in [2.45, 2.75) is 0 Å². The molecule has 0 radical (unpaired) electrons. The fourth-order valence-corrected chi connectivity index (χ4v) is 3.44. The molecule has 0 unspecified atom stereocenters. The van der Waals surface area contributed by atoms with E-state index in [0.29, 0.717) is 11.1 Å². The molecule has 0 atom stereocenters. The number of carboxylic acids is 4. The molecule has 0 aliphatic heterocycles. The van der Waals surface area contributed by atoms with Crippen molar-refractivity contribution in [3.05, 3.63) is 119 Å². The van der Waals surface area contributed by atoms with Crippen LogP contribution in [0.3, 0.4) is 0 Å². The number of carbonyl (C=O) groups excluding carboxylic acids is 1. The monoisotopic (exact) mass is 514 g/mol. The predicted octanol–water partition coefficient (Wildman–Crippen LogP) is 5.32. The van der Waals surface area contributed by atoms with Crippen LogP contribution in [-0.4, -0.2) is 51.1 Å². The van der Waals surface area contributed by atoms with Gasteiger partial charge in [-0.05, 0) is 46.5 Å². The summed E-state index contributed by atoms with van der Waals surface area (Å²) in [7, 11) is 0. The first-order valence-corrected chi connectivity index (χ1v) is 10.8. The van der Waals surface area contributed by atoms with Crippen LogP contribution in [0.15, 0.2) is 97.1 Å². The molecule has 4 rings (SSSR count). The fourth-order valence-electron chi connectivity index (χ4n) is 3.44. The molecule has 0 aliphatic carbocycles. The van der Waals surface area contributed by atoms with E-state index in [1.807, 2.05) is 67.5 Å². The molecule has 9 heteroatoms. The van der Waals surface area contributed by atoms with E-state index in [-0.39, 0.29) is 22.3 Å².